The van der Waals surface area contributed by atoms with Crippen molar-refractivity contribution >= 4 is 24.8 Å². The van der Waals surface area contributed by atoms with E-state index in [1.54, 1.807) is 0 Å². The molecule has 1 aliphatic carbocycles. The maximum absolute atomic E-state index is 6.31. The van der Waals surface area contributed by atoms with E-state index in [4.69, 9.17) is 5.73 Å². The van der Waals surface area contributed by atoms with E-state index in [0.717, 1.165) is 0 Å². The van der Waals surface area contributed by atoms with Gasteiger partial charge in [0.2, 0.25) is 0 Å². The van der Waals surface area contributed by atoms with Crippen molar-refractivity contribution in [2.45, 2.75) is 47.1 Å². The fraction of sp³-hybridized carbons (Fsp3) is 0.667. The summed E-state index contributed by atoms with van der Waals surface area (Å²) in [4.78, 5) is 0. The number of hydrogen-bond acceptors (Lipinski definition) is 1. The van der Waals surface area contributed by atoms with E-state index in [1.807, 2.05) is 0 Å². The predicted octanol–water partition coefficient (Wildman–Crippen LogP) is 3.74. The van der Waals surface area contributed by atoms with Crippen molar-refractivity contribution < 1.29 is 20.4 Å². The molecule has 0 spiro atoms. The average molecular weight is 299 g/mol. The van der Waals surface area contributed by atoms with Gasteiger partial charge < -0.3 is 0 Å². The van der Waals surface area contributed by atoms with Crippen LogP contribution in [-0.2, 0) is 20.4 Å². The number of allylic oxidation sites excluding steroid dienone is 2. The van der Waals surface area contributed by atoms with E-state index >= 15 is 0 Å². The maximum atomic E-state index is 6.31. The van der Waals surface area contributed by atoms with Crippen LogP contribution < -0.4 is 5.73 Å². The molecule has 4 heteroatoms. The Labute approximate surface area is 124 Å². The minimum atomic E-state index is -0.194. The van der Waals surface area contributed by atoms with Gasteiger partial charge in [-0.2, -0.15) is 0 Å². The molecule has 2 N–H and O–H groups in total. The summed E-state index contributed by atoms with van der Waals surface area (Å²) in [6.07, 6.45) is 0. The SMILES string of the molecule is CC1=C(C)C(C)(C(C)(C)N)[C]([Ti])=C1C.Cl.Cl. The molecular weight excluding hydrogens is 277 g/mol. The summed E-state index contributed by atoms with van der Waals surface area (Å²) in [6.45, 7) is 13.1. The minimum Gasteiger partial charge on any atom is -0.147 e. The topological polar surface area (TPSA) is 26.0 Å². The van der Waals surface area contributed by atoms with Gasteiger partial charge in [-0.15, -0.1) is 24.8 Å². The molecule has 0 aliphatic heterocycles. The molecule has 0 fully saturated rings. The fourth-order valence-corrected chi connectivity index (χ4v) is 3.30. The Bertz CT molecular complexity index is 313. The summed E-state index contributed by atoms with van der Waals surface area (Å²) in [6, 6.07) is 0. The van der Waals surface area contributed by atoms with Gasteiger partial charge in [0, 0.05) is 0 Å². The first kappa shape index (κ1) is 19.1. The van der Waals surface area contributed by atoms with Crippen LogP contribution in [0.5, 0.6) is 0 Å². The van der Waals surface area contributed by atoms with Crippen molar-refractivity contribution in [3.05, 3.63) is 20.6 Å². The van der Waals surface area contributed by atoms with Crippen LogP contribution in [0.25, 0.3) is 0 Å². The number of rotatable bonds is 1. The quantitative estimate of drug-likeness (QED) is 0.733. The molecule has 0 amide bonds. The van der Waals surface area contributed by atoms with Crippen LogP contribution in [0, 0.1) is 5.41 Å². The summed E-state index contributed by atoms with van der Waals surface area (Å²) < 4.78 is 1.43. The van der Waals surface area contributed by atoms with E-state index in [9.17, 15) is 0 Å². The van der Waals surface area contributed by atoms with Crippen molar-refractivity contribution in [2.75, 3.05) is 0 Å². The molecule has 0 bridgehead atoms. The molecular formula is C12H22Cl2NTi. The zero-order valence-corrected chi connectivity index (χ0v) is 14.1. The van der Waals surface area contributed by atoms with Gasteiger partial charge in [0.05, 0.1) is 0 Å². The Morgan fingerprint density at radius 1 is 1.06 bits per heavy atom. The summed E-state index contributed by atoms with van der Waals surface area (Å²) in [7, 11) is 0. The monoisotopic (exact) mass is 298 g/mol. The zero-order chi connectivity index (χ0) is 11.3. The molecule has 1 unspecified atom stereocenters. The third kappa shape index (κ3) is 2.44. The fourth-order valence-electron chi connectivity index (χ4n) is 2.21. The van der Waals surface area contributed by atoms with Crippen LogP contribution in [0.2, 0.25) is 0 Å². The van der Waals surface area contributed by atoms with Gasteiger partial charge in [0.25, 0.3) is 0 Å². The summed E-state index contributed by atoms with van der Waals surface area (Å²) in [5.74, 6) is 0. The molecule has 0 aromatic heterocycles. The smallest absolute Gasteiger partial charge is 0.147 e. The van der Waals surface area contributed by atoms with E-state index in [-0.39, 0.29) is 35.8 Å². The Morgan fingerprint density at radius 2 is 1.44 bits per heavy atom. The second kappa shape index (κ2) is 5.58. The van der Waals surface area contributed by atoms with Crippen LogP contribution >= 0.6 is 24.8 Å². The van der Waals surface area contributed by atoms with Gasteiger partial charge in [-0.05, 0) is 0 Å². The van der Waals surface area contributed by atoms with Gasteiger partial charge in [-0.3, -0.25) is 0 Å². The Balaban J connectivity index is 0. The molecule has 1 rings (SSSR count). The van der Waals surface area contributed by atoms with Gasteiger partial charge in [-0.1, -0.05) is 0 Å². The van der Waals surface area contributed by atoms with Crippen molar-refractivity contribution in [3.63, 3.8) is 0 Å². The number of nitrogens with two attached hydrogens (primary N) is 1. The minimum absolute atomic E-state index is 0. The Morgan fingerprint density at radius 3 is 1.56 bits per heavy atom. The molecule has 0 heterocycles. The zero-order valence-electron chi connectivity index (χ0n) is 10.9. The first-order valence-corrected chi connectivity index (χ1v) is 5.82. The van der Waals surface area contributed by atoms with Crippen LogP contribution in [0.1, 0.15) is 41.5 Å². The normalized spacial score (nSPS) is 25.4. The van der Waals surface area contributed by atoms with Crippen molar-refractivity contribution in [1.82, 2.24) is 0 Å². The molecule has 1 nitrogen and oxygen atoms in total. The molecule has 0 saturated carbocycles. The third-order valence-corrected chi connectivity index (χ3v) is 5.41. The molecule has 0 saturated heterocycles. The van der Waals surface area contributed by atoms with E-state index in [1.165, 1.54) is 20.6 Å². The van der Waals surface area contributed by atoms with Crippen molar-refractivity contribution in [2.24, 2.45) is 11.1 Å². The molecule has 0 radical (unpaired) electrons. The predicted molar refractivity (Wildman–Crippen MR) is 71.9 cm³/mol. The van der Waals surface area contributed by atoms with Crippen molar-refractivity contribution in [3.8, 4) is 0 Å². The largest absolute Gasteiger partial charge is 0.147 e. The maximum Gasteiger partial charge on any atom is -0.147 e. The molecule has 0 aromatic rings. The van der Waals surface area contributed by atoms with Crippen LogP contribution in [0.15, 0.2) is 20.6 Å². The van der Waals surface area contributed by atoms with Gasteiger partial charge in [0.15, 0.2) is 0 Å². The third-order valence-electron chi connectivity index (χ3n) is 4.04. The van der Waals surface area contributed by atoms with E-state index < -0.39 is 0 Å². The first-order valence-electron chi connectivity index (χ1n) is 5.04. The summed E-state index contributed by atoms with van der Waals surface area (Å²) in [5, 5.41) is 0. The molecule has 1 aliphatic rings. The van der Waals surface area contributed by atoms with Crippen LogP contribution in [0.4, 0.5) is 0 Å². The van der Waals surface area contributed by atoms with Gasteiger partial charge >= 0.3 is 99.3 Å². The standard InChI is InChI=1S/C12H20N.2ClH.Ti/c1-8-7-12(6,11(4,5)13)10(3)9(8)2;;;/h13H2,1-6H3;2*1H;. The number of halogens is 2. The summed E-state index contributed by atoms with van der Waals surface area (Å²) >= 11 is 2.21. The molecule has 0 aromatic carbocycles. The molecule has 16 heavy (non-hydrogen) atoms. The van der Waals surface area contributed by atoms with Gasteiger partial charge in [-0.25, -0.2) is 0 Å². The number of hydrogen-bond donors (Lipinski definition) is 1. The second-order valence-electron chi connectivity index (χ2n) is 5.10. The van der Waals surface area contributed by atoms with Crippen LogP contribution in [0.3, 0.4) is 0 Å². The second-order valence-corrected chi connectivity index (χ2v) is 5.88. The van der Waals surface area contributed by atoms with E-state index in [0.29, 0.717) is 0 Å². The van der Waals surface area contributed by atoms with E-state index in [2.05, 4.69) is 62.0 Å². The Kier molecular flexibility index (Phi) is 6.66. The summed E-state index contributed by atoms with van der Waals surface area (Å²) in [5.41, 5.74) is 10.4. The first-order chi connectivity index (χ1) is 6.14. The molecule has 93 valence electrons. The van der Waals surface area contributed by atoms with Crippen LogP contribution in [-0.4, -0.2) is 5.54 Å². The Hall–Kier alpha value is 0.734. The average Bonchev–Trinajstić information content (AvgIpc) is 2.21. The molecule has 1 atom stereocenters. The van der Waals surface area contributed by atoms with Crippen molar-refractivity contribution in [1.29, 1.82) is 0 Å². The van der Waals surface area contributed by atoms with Gasteiger partial charge in [0.1, 0.15) is 0 Å².